The number of carbonyl (C=O) groups is 1. The molecule has 2 nitrogen and oxygen atoms in total. The first-order chi connectivity index (χ1) is 8.58. The maximum atomic E-state index is 11.9. The molecular formula is C14H19Cl2NO. The summed E-state index contributed by atoms with van der Waals surface area (Å²) in [4.78, 5) is 14.1. The number of nitrogens with zero attached hydrogens (tertiary/aromatic N) is 1. The molecule has 0 saturated heterocycles. The summed E-state index contributed by atoms with van der Waals surface area (Å²) in [5.41, 5.74) is 0.814. The molecule has 0 unspecified atom stereocenters. The van der Waals surface area contributed by atoms with Crippen LogP contribution in [0, 0.1) is 0 Å². The fraction of sp³-hybridized carbons (Fsp3) is 0.500. The Labute approximate surface area is 119 Å². The largest absolute Gasteiger partial charge is 0.303 e. The molecular weight excluding hydrogens is 269 g/mol. The van der Waals surface area contributed by atoms with E-state index in [9.17, 15) is 4.79 Å². The van der Waals surface area contributed by atoms with Crippen LogP contribution in [0.3, 0.4) is 0 Å². The Balaban J connectivity index is 2.52. The molecule has 0 spiro atoms. The minimum Gasteiger partial charge on any atom is -0.303 e. The van der Waals surface area contributed by atoms with Crippen LogP contribution in [0.2, 0.25) is 10.0 Å². The van der Waals surface area contributed by atoms with Crippen molar-refractivity contribution in [3.63, 3.8) is 0 Å². The van der Waals surface area contributed by atoms with Crippen LogP contribution < -0.4 is 0 Å². The zero-order valence-electron chi connectivity index (χ0n) is 10.9. The summed E-state index contributed by atoms with van der Waals surface area (Å²) >= 11 is 12.0. The molecule has 1 aromatic carbocycles. The highest BCUT2D eigenvalue weighted by molar-refractivity contribution is 6.42. The van der Waals surface area contributed by atoms with Gasteiger partial charge in [0.05, 0.1) is 10.0 Å². The smallest absolute Gasteiger partial charge is 0.138 e. The molecule has 18 heavy (non-hydrogen) atoms. The summed E-state index contributed by atoms with van der Waals surface area (Å²) in [6, 6.07) is 5.40. The molecule has 0 saturated carbocycles. The fourth-order valence-electron chi connectivity index (χ4n) is 1.81. The normalized spacial score (nSPS) is 10.9. The Morgan fingerprint density at radius 3 is 2.50 bits per heavy atom. The van der Waals surface area contributed by atoms with Crippen LogP contribution in [-0.4, -0.2) is 30.3 Å². The number of benzene rings is 1. The molecule has 0 bridgehead atoms. The molecule has 0 aliphatic carbocycles. The van der Waals surface area contributed by atoms with E-state index in [0.29, 0.717) is 22.9 Å². The Bertz CT molecular complexity index is 403. The lowest BCUT2D eigenvalue weighted by molar-refractivity contribution is -0.118. The SMILES string of the molecule is CCN(CC)CCC(=O)Cc1cccc(Cl)c1Cl. The van der Waals surface area contributed by atoms with Crippen molar-refractivity contribution in [1.82, 2.24) is 4.90 Å². The Hall–Kier alpha value is -0.570. The van der Waals surface area contributed by atoms with Gasteiger partial charge in [0.25, 0.3) is 0 Å². The summed E-state index contributed by atoms with van der Waals surface area (Å²) < 4.78 is 0. The van der Waals surface area contributed by atoms with Crippen LogP contribution in [0.1, 0.15) is 25.8 Å². The van der Waals surface area contributed by atoms with Crippen molar-refractivity contribution in [3.05, 3.63) is 33.8 Å². The molecule has 4 heteroatoms. The predicted octanol–water partition coefficient (Wildman–Crippen LogP) is 3.84. The third kappa shape index (κ3) is 4.60. The first-order valence-corrected chi connectivity index (χ1v) is 7.01. The standard InChI is InChI=1S/C14H19Cl2NO/c1-3-17(4-2)9-8-12(18)10-11-6-5-7-13(15)14(11)16/h5-7H,3-4,8-10H2,1-2H3. The van der Waals surface area contributed by atoms with Gasteiger partial charge in [0.1, 0.15) is 5.78 Å². The van der Waals surface area contributed by atoms with Gasteiger partial charge >= 0.3 is 0 Å². The van der Waals surface area contributed by atoms with Crippen LogP contribution in [0.4, 0.5) is 0 Å². The van der Waals surface area contributed by atoms with E-state index in [4.69, 9.17) is 23.2 Å². The van der Waals surface area contributed by atoms with Gasteiger partial charge in [0, 0.05) is 19.4 Å². The topological polar surface area (TPSA) is 20.3 Å². The number of halogens is 2. The van der Waals surface area contributed by atoms with Crippen molar-refractivity contribution in [1.29, 1.82) is 0 Å². The molecule has 0 aliphatic rings. The molecule has 0 aliphatic heterocycles. The summed E-state index contributed by atoms with van der Waals surface area (Å²) in [5.74, 6) is 0.200. The van der Waals surface area contributed by atoms with Gasteiger partial charge in [-0.15, -0.1) is 0 Å². The monoisotopic (exact) mass is 287 g/mol. The van der Waals surface area contributed by atoms with Crippen molar-refractivity contribution in [2.24, 2.45) is 0 Å². The lowest BCUT2D eigenvalue weighted by atomic mass is 10.1. The van der Waals surface area contributed by atoms with Gasteiger partial charge in [-0.3, -0.25) is 4.79 Å². The second-order valence-corrected chi connectivity index (χ2v) is 4.99. The van der Waals surface area contributed by atoms with Gasteiger partial charge in [-0.05, 0) is 24.7 Å². The van der Waals surface area contributed by atoms with Crippen molar-refractivity contribution in [2.45, 2.75) is 26.7 Å². The lowest BCUT2D eigenvalue weighted by Crippen LogP contribution is -2.26. The Kier molecular flexibility index (Phi) is 6.69. The van der Waals surface area contributed by atoms with Crippen molar-refractivity contribution in [2.75, 3.05) is 19.6 Å². The van der Waals surface area contributed by atoms with E-state index in [1.165, 1.54) is 0 Å². The van der Waals surface area contributed by atoms with Crippen LogP contribution in [0.5, 0.6) is 0 Å². The summed E-state index contributed by atoms with van der Waals surface area (Å²) in [6.07, 6.45) is 0.922. The van der Waals surface area contributed by atoms with Gasteiger partial charge in [0.2, 0.25) is 0 Å². The summed E-state index contributed by atoms with van der Waals surface area (Å²) in [6.45, 7) is 6.96. The number of hydrogen-bond donors (Lipinski definition) is 0. The van der Waals surface area contributed by atoms with E-state index in [2.05, 4.69) is 18.7 Å². The molecule has 0 radical (unpaired) electrons. The van der Waals surface area contributed by atoms with E-state index >= 15 is 0 Å². The number of ketones is 1. The highest BCUT2D eigenvalue weighted by Crippen LogP contribution is 2.26. The molecule has 0 amide bonds. The van der Waals surface area contributed by atoms with Crippen molar-refractivity contribution >= 4 is 29.0 Å². The molecule has 0 aromatic heterocycles. The average molecular weight is 288 g/mol. The fourth-order valence-corrected chi connectivity index (χ4v) is 2.20. The maximum Gasteiger partial charge on any atom is 0.138 e. The number of carbonyl (C=O) groups excluding carboxylic acids is 1. The predicted molar refractivity (Wildman–Crippen MR) is 77.6 cm³/mol. The van der Waals surface area contributed by atoms with Gasteiger partial charge in [-0.25, -0.2) is 0 Å². The van der Waals surface area contributed by atoms with E-state index in [1.54, 1.807) is 6.07 Å². The van der Waals surface area contributed by atoms with E-state index < -0.39 is 0 Å². The lowest BCUT2D eigenvalue weighted by Gasteiger charge is -2.17. The number of rotatable bonds is 7. The molecule has 0 atom stereocenters. The van der Waals surface area contributed by atoms with E-state index in [-0.39, 0.29) is 5.78 Å². The summed E-state index contributed by atoms with van der Waals surface area (Å²) in [7, 11) is 0. The average Bonchev–Trinajstić information content (AvgIpc) is 2.36. The van der Waals surface area contributed by atoms with Crippen LogP contribution in [0.25, 0.3) is 0 Å². The number of Topliss-reactive ketones (excluding diaryl/α,β-unsaturated/α-hetero) is 1. The third-order valence-electron chi connectivity index (χ3n) is 3.02. The molecule has 0 fully saturated rings. The quantitative estimate of drug-likeness (QED) is 0.760. The maximum absolute atomic E-state index is 11.9. The zero-order chi connectivity index (χ0) is 13.5. The van der Waals surface area contributed by atoms with E-state index in [0.717, 1.165) is 25.2 Å². The highest BCUT2D eigenvalue weighted by atomic mass is 35.5. The second kappa shape index (κ2) is 7.78. The third-order valence-corrected chi connectivity index (χ3v) is 3.88. The van der Waals surface area contributed by atoms with E-state index in [1.807, 2.05) is 12.1 Å². The minimum atomic E-state index is 0.200. The first-order valence-electron chi connectivity index (χ1n) is 6.25. The molecule has 100 valence electrons. The first kappa shape index (κ1) is 15.5. The van der Waals surface area contributed by atoms with Gasteiger partial charge in [0.15, 0.2) is 0 Å². The van der Waals surface area contributed by atoms with Gasteiger partial charge in [-0.2, -0.15) is 0 Å². The Morgan fingerprint density at radius 1 is 1.22 bits per heavy atom. The molecule has 0 heterocycles. The van der Waals surface area contributed by atoms with Crippen LogP contribution >= 0.6 is 23.2 Å². The summed E-state index contributed by atoms with van der Waals surface area (Å²) in [5, 5.41) is 1.00. The zero-order valence-corrected chi connectivity index (χ0v) is 12.4. The highest BCUT2D eigenvalue weighted by Gasteiger charge is 2.10. The van der Waals surface area contributed by atoms with Crippen LogP contribution in [0.15, 0.2) is 18.2 Å². The van der Waals surface area contributed by atoms with Gasteiger partial charge < -0.3 is 4.90 Å². The van der Waals surface area contributed by atoms with Crippen LogP contribution in [-0.2, 0) is 11.2 Å². The van der Waals surface area contributed by atoms with Gasteiger partial charge in [-0.1, -0.05) is 49.2 Å². The molecule has 1 rings (SSSR count). The van der Waals surface area contributed by atoms with Crippen molar-refractivity contribution in [3.8, 4) is 0 Å². The second-order valence-electron chi connectivity index (χ2n) is 4.21. The number of hydrogen-bond acceptors (Lipinski definition) is 2. The molecule has 1 aromatic rings. The van der Waals surface area contributed by atoms with Crippen molar-refractivity contribution < 1.29 is 4.79 Å². The minimum absolute atomic E-state index is 0.200. The Morgan fingerprint density at radius 2 is 1.89 bits per heavy atom. The molecule has 0 N–H and O–H groups in total.